The summed E-state index contributed by atoms with van der Waals surface area (Å²) in [5.41, 5.74) is 0.875. The van der Waals surface area contributed by atoms with E-state index in [4.69, 9.17) is 21.1 Å². The molecule has 6 heteroatoms. The monoisotopic (exact) mass is 340 g/mol. The molecule has 1 aliphatic rings. The Hall–Kier alpha value is -1.46. The number of anilines is 2. The number of hydrogen-bond donors (Lipinski definition) is 1. The number of nitrogens with one attached hydrogen (secondary N) is 1. The second-order valence-electron chi connectivity index (χ2n) is 3.97. The summed E-state index contributed by atoms with van der Waals surface area (Å²) < 4.78 is 11.8. The van der Waals surface area contributed by atoms with E-state index in [1.54, 1.807) is 12.3 Å². The smallest absolute Gasteiger partial charge is 0.163 e. The number of nitrogens with zero attached hydrogens (tertiary/aromatic N) is 1. The maximum Gasteiger partial charge on any atom is 0.163 e. The molecule has 1 aromatic heterocycles. The third kappa shape index (κ3) is 2.77. The minimum absolute atomic E-state index is 0.569. The van der Waals surface area contributed by atoms with Crippen LogP contribution in [-0.4, -0.2) is 18.2 Å². The average molecular weight is 342 g/mol. The molecule has 0 unspecified atom stereocenters. The Kier molecular flexibility index (Phi) is 3.48. The van der Waals surface area contributed by atoms with E-state index < -0.39 is 0 Å². The highest BCUT2D eigenvalue weighted by Crippen LogP contribution is 2.34. The summed E-state index contributed by atoms with van der Waals surface area (Å²) in [5.74, 6) is 2.20. The zero-order valence-corrected chi connectivity index (χ0v) is 12.2. The standard InChI is InChI=1S/C13H10BrClN2O2/c14-10-5-8(15)7-16-13(10)17-9-1-2-11-12(6-9)19-4-3-18-11/h1-2,5-7H,3-4H2,(H,16,17). The largest absolute Gasteiger partial charge is 0.486 e. The van der Waals surface area contributed by atoms with Crippen LogP contribution in [0.5, 0.6) is 11.5 Å². The summed E-state index contributed by atoms with van der Waals surface area (Å²) in [4.78, 5) is 4.22. The van der Waals surface area contributed by atoms with Crippen LogP contribution >= 0.6 is 27.5 Å². The lowest BCUT2D eigenvalue weighted by Crippen LogP contribution is -2.15. The number of halogens is 2. The van der Waals surface area contributed by atoms with Crippen LogP contribution in [0.3, 0.4) is 0 Å². The van der Waals surface area contributed by atoms with Gasteiger partial charge in [0.2, 0.25) is 0 Å². The van der Waals surface area contributed by atoms with Crippen LogP contribution in [-0.2, 0) is 0 Å². The third-order valence-corrected chi connectivity index (χ3v) is 3.42. The quantitative estimate of drug-likeness (QED) is 0.896. The van der Waals surface area contributed by atoms with Gasteiger partial charge in [0.05, 0.1) is 9.50 Å². The van der Waals surface area contributed by atoms with Gasteiger partial charge < -0.3 is 14.8 Å². The van der Waals surface area contributed by atoms with Crippen molar-refractivity contribution in [2.75, 3.05) is 18.5 Å². The van der Waals surface area contributed by atoms with E-state index in [-0.39, 0.29) is 0 Å². The minimum Gasteiger partial charge on any atom is -0.486 e. The molecule has 1 aromatic carbocycles. The number of aromatic nitrogens is 1. The van der Waals surface area contributed by atoms with Crippen molar-refractivity contribution in [2.24, 2.45) is 0 Å². The second-order valence-corrected chi connectivity index (χ2v) is 5.26. The van der Waals surface area contributed by atoms with Gasteiger partial charge in [-0.25, -0.2) is 4.98 Å². The fraction of sp³-hybridized carbons (Fsp3) is 0.154. The molecular formula is C13H10BrClN2O2. The molecule has 0 bridgehead atoms. The Balaban J connectivity index is 1.87. The Bertz CT molecular complexity index is 622. The van der Waals surface area contributed by atoms with Crippen LogP contribution in [0.4, 0.5) is 11.5 Å². The molecule has 4 nitrogen and oxygen atoms in total. The van der Waals surface area contributed by atoms with Gasteiger partial charge in [-0.2, -0.15) is 0 Å². The fourth-order valence-electron chi connectivity index (χ4n) is 1.76. The van der Waals surface area contributed by atoms with Gasteiger partial charge in [0.1, 0.15) is 19.0 Å². The Morgan fingerprint density at radius 2 is 1.95 bits per heavy atom. The number of ether oxygens (including phenoxy) is 2. The number of fused-ring (bicyclic) bond motifs is 1. The molecule has 1 aliphatic heterocycles. The summed E-state index contributed by atoms with van der Waals surface area (Å²) >= 11 is 9.27. The van der Waals surface area contributed by atoms with E-state index >= 15 is 0 Å². The predicted molar refractivity (Wildman–Crippen MR) is 77.7 cm³/mol. The molecule has 0 aliphatic carbocycles. The molecule has 0 fully saturated rings. The summed E-state index contributed by atoms with van der Waals surface area (Å²) in [6.45, 7) is 1.16. The first-order chi connectivity index (χ1) is 9.22. The maximum absolute atomic E-state index is 5.86. The molecule has 3 rings (SSSR count). The van der Waals surface area contributed by atoms with Crippen LogP contribution in [0, 0.1) is 0 Å². The normalized spacial score (nSPS) is 13.2. The van der Waals surface area contributed by atoms with E-state index in [1.165, 1.54) is 0 Å². The zero-order valence-electron chi connectivity index (χ0n) is 9.82. The highest BCUT2D eigenvalue weighted by molar-refractivity contribution is 9.10. The first kappa shape index (κ1) is 12.6. The molecule has 19 heavy (non-hydrogen) atoms. The van der Waals surface area contributed by atoms with Crippen molar-refractivity contribution in [2.45, 2.75) is 0 Å². The molecule has 98 valence electrons. The minimum atomic E-state index is 0.569. The van der Waals surface area contributed by atoms with Crippen molar-refractivity contribution in [3.05, 3.63) is 40.0 Å². The molecular weight excluding hydrogens is 332 g/mol. The first-order valence-corrected chi connectivity index (χ1v) is 6.87. The SMILES string of the molecule is Clc1cnc(Nc2ccc3c(c2)OCCO3)c(Br)c1. The fourth-order valence-corrected chi connectivity index (χ4v) is 2.50. The van der Waals surface area contributed by atoms with E-state index in [0.29, 0.717) is 24.1 Å². The molecule has 0 atom stereocenters. The van der Waals surface area contributed by atoms with Crippen molar-refractivity contribution >= 4 is 39.0 Å². The number of rotatable bonds is 2. The summed E-state index contributed by atoms with van der Waals surface area (Å²) in [6, 6.07) is 7.46. The van der Waals surface area contributed by atoms with E-state index in [0.717, 1.165) is 21.7 Å². The van der Waals surface area contributed by atoms with Crippen LogP contribution in [0.2, 0.25) is 5.02 Å². The topological polar surface area (TPSA) is 43.4 Å². The van der Waals surface area contributed by atoms with Crippen LogP contribution in [0.15, 0.2) is 34.9 Å². The van der Waals surface area contributed by atoms with Crippen LogP contribution in [0.1, 0.15) is 0 Å². The molecule has 0 saturated carbocycles. The summed E-state index contributed by atoms with van der Waals surface area (Å²) in [6.07, 6.45) is 1.59. The molecule has 2 aromatic rings. The molecule has 0 saturated heterocycles. The molecule has 1 N–H and O–H groups in total. The highest BCUT2D eigenvalue weighted by Gasteiger charge is 2.12. The number of benzene rings is 1. The van der Waals surface area contributed by atoms with Crippen molar-refractivity contribution < 1.29 is 9.47 Å². The average Bonchev–Trinajstić information content (AvgIpc) is 2.42. The van der Waals surface area contributed by atoms with E-state index in [9.17, 15) is 0 Å². The molecule has 0 amide bonds. The molecule has 0 radical (unpaired) electrons. The predicted octanol–water partition coefficient (Wildman–Crippen LogP) is 4.01. The van der Waals surface area contributed by atoms with Gasteiger partial charge in [0, 0.05) is 18.0 Å². The Morgan fingerprint density at radius 3 is 2.74 bits per heavy atom. The van der Waals surface area contributed by atoms with Gasteiger partial charge >= 0.3 is 0 Å². The van der Waals surface area contributed by atoms with Gasteiger partial charge in [0.25, 0.3) is 0 Å². The van der Waals surface area contributed by atoms with Gasteiger partial charge in [0.15, 0.2) is 11.5 Å². The lowest BCUT2D eigenvalue weighted by Gasteiger charge is -2.19. The van der Waals surface area contributed by atoms with Crippen molar-refractivity contribution in [3.8, 4) is 11.5 Å². The lowest BCUT2D eigenvalue weighted by molar-refractivity contribution is 0.171. The van der Waals surface area contributed by atoms with E-state index in [1.807, 2.05) is 18.2 Å². The van der Waals surface area contributed by atoms with Gasteiger partial charge in [-0.1, -0.05) is 11.6 Å². The zero-order chi connectivity index (χ0) is 13.2. The van der Waals surface area contributed by atoms with Crippen molar-refractivity contribution in [1.82, 2.24) is 4.98 Å². The highest BCUT2D eigenvalue weighted by atomic mass is 79.9. The first-order valence-electron chi connectivity index (χ1n) is 5.70. The summed E-state index contributed by atoms with van der Waals surface area (Å²) in [7, 11) is 0. The Morgan fingerprint density at radius 1 is 1.16 bits per heavy atom. The van der Waals surface area contributed by atoms with Gasteiger partial charge in [-0.15, -0.1) is 0 Å². The molecule has 0 spiro atoms. The van der Waals surface area contributed by atoms with E-state index in [2.05, 4.69) is 26.2 Å². The third-order valence-electron chi connectivity index (χ3n) is 2.61. The number of pyridine rings is 1. The Labute approximate surface area is 123 Å². The van der Waals surface area contributed by atoms with Gasteiger partial charge in [-0.05, 0) is 34.1 Å². The van der Waals surface area contributed by atoms with Crippen molar-refractivity contribution in [1.29, 1.82) is 0 Å². The van der Waals surface area contributed by atoms with Gasteiger partial charge in [-0.3, -0.25) is 0 Å². The molecule has 2 heterocycles. The van der Waals surface area contributed by atoms with Crippen LogP contribution < -0.4 is 14.8 Å². The number of hydrogen-bond acceptors (Lipinski definition) is 4. The maximum atomic E-state index is 5.86. The summed E-state index contributed by atoms with van der Waals surface area (Å²) in [5, 5.41) is 3.78. The van der Waals surface area contributed by atoms with Crippen LogP contribution in [0.25, 0.3) is 0 Å². The second kappa shape index (κ2) is 5.27. The van der Waals surface area contributed by atoms with Crippen molar-refractivity contribution in [3.63, 3.8) is 0 Å². The lowest BCUT2D eigenvalue weighted by atomic mass is 10.2.